The topological polar surface area (TPSA) is 104 Å². The molecule has 5 rings (SSSR count). The number of fused-ring (bicyclic) bond motifs is 1. The number of anilines is 3. The van der Waals surface area contributed by atoms with Gasteiger partial charge >= 0.3 is 0 Å². The molecular formula is C29H29N5O2S. The Labute approximate surface area is 220 Å². The van der Waals surface area contributed by atoms with E-state index in [4.69, 9.17) is 10.5 Å². The fourth-order valence-electron chi connectivity index (χ4n) is 4.52. The Morgan fingerprint density at radius 3 is 2.43 bits per heavy atom. The number of nitriles is 1. The van der Waals surface area contributed by atoms with Gasteiger partial charge in [-0.15, -0.1) is 11.3 Å². The van der Waals surface area contributed by atoms with Crippen LogP contribution in [0.5, 0.6) is 0 Å². The number of nitrogens with one attached hydrogen (secondary N) is 1. The van der Waals surface area contributed by atoms with E-state index < -0.39 is 0 Å². The summed E-state index contributed by atoms with van der Waals surface area (Å²) >= 11 is 1.43. The first-order valence-electron chi connectivity index (χ1n) is 12.3. The van der Waals surface area contributed by atoms with Crippen molar-refractivity contribution in [2.75, 3.05) is 37.4 Å². The molecule has 0 spiro atoms. The summed E-state index contributed by atoms with van der Waals surface area (Å²) in [4.78, 5) is 20.3. The van der Waals surface area contributed by atoms with E-state index in [1.165, 1.54) is 16.9 Å². The number of benzene rings is 2. The average Bonchev–Trinajstić information content (AvgIpc) is 3.25. The number of thiophene rings is 1. The number of hydrogen-bond donors (Lipinski definition) is 2. The van der Waals surface area contributed by atoms with Gasteiger partial charge in [0, 0.05) is 24.3 Å². The maximum Gasteiger partial charge on any atom is 0.259 e. The van der Waals surface area contributed by atoms with Crippen LogP contribution in [0.25, 0.3) is 21.3 Å². The number of hydrogen-bond acceptors (Lipinski definition) is 7. The molecule has 2 aromatic carbocycles. The zero-order valence-corrected chi connectivity index (χ0v) is 22.0. The number of carbonyl (C=O) groups excluding carboxylic acids is 1. The van der Waals surface area contributed by atoms with Gasteiger partial charge in [0.1, 0.15) is 28.0 Å². The number of pyridine rings is 1. The van der Waals surface area contributed by atoms with E-state index >= 15 is 0 Å². The van der Waals surface area contributed by atoms with Crippen LogP contribution in [0.15, 0.2) is 48.5 Å². The largest absolute Gasteiger partial charge is 0.383 e. The number of morpholine rings is 1. The van der Waals surface area contributed by atoms with Crippen LogP contribution >= 0.6 is 11.3 Å². The van der Waals surface area contributed by atoms with Crippen LogP contribution in [-0.4, -0.2) is 42.1 Å². The van der Waals surface area contributed by atoms with E-state index in [0.717, 1.165) is 21.5 Å². The smallest absolute Gasteiger partial charge is 0.259 e. The minimum absolute atomic E-state index is 0.118. The Kier molecular flexibility index (Phi) is 6.83. The molecule has 0 saturated carbocycles. The van der Waals surface area contributed by atoms with Crippen molar-refractivity contribution >= 4 is 44.0 Å². The molecule has 4 aromatic rings. The lowest BCUT2D eigenvalue weighted by atomic mass is 9.99. The van der Waals surface area contributed by atoms with Crippen molar-refractivity contribution in [3.63, 3.8) is 0 Å². The van der Waals surface area contributed by atoms with Crippen LogP contribution in [0.3, 0.4) is 0 Å². The molecule has 1 aliphatic rings. The summed E-state index contributed by atoms with van der Waals surface area (Å²) in [6, 6.07) is 18.4. The fourth-order valence-corrected chi connectivity index (χ4v) is 5.74. The summed E-state index contributed by atoms with van der Waals surface area (Å²) in [5.41, 5.74) is 12.4. The van der Waals surface area contributed by atoms with Crippen molar-refractivity contribution in [2.45, 2.75) is 26.7 Å². The Morgan fingerprint density at radius 1 is 1.14 bits per heavy atom. The molecule has 0 aliphatic carbocycles. The van der Waals surface area contributed by atoms with E-state index in [1.54, 1.807) is 4.90 Å². The molecule has 8 heteroatoms. The monoisotopic (exact) mass is 511 g/mol. The maximum atomic E-state index is 13.9. The van der Waals surface area contributed by atoms with Gasteiger partial charge in [0.05, 0.1) is 23.4 Å². The van der Waals surface area contributed by atoms with Crippen molar-refractivity contribution in [1.29, 1.82) is 5.26 Å². The lowest BCUT2D eigenvalue weighted by Crippen LogP contribution is -2.40. The second-order valence-corrected chi connectivity index (χ2v) is 10.5. The molecule has 0 bridgehead atoms. The van der Waals surface area contributed by atoms with E-state index in [0.29, 0.717) is 59.4 Å². The van der Waals surface area contributed by atoms with Crippen LogP contribution in [0.1, 0.15) is 46.8 Å². The number of rotatable bonds is 5. The first-order valence-corrected chi connectivity index (χ1v) is 13.2. The zero-order chi connectivity index (χ0) is 26.1. The molecule has 0 radical (unpaired) electrons. The molecule has 0 atom stereocenters. The number of nitrogen functional groups attached to an aromatic ring is 1. The maximum absolute atomic E-state index is 13.9. The summed E-state index contributed by atoms with van der Waals surface area (Å²) in [5.74, 6) is 0.417. The Morgan fingerprint density at radius 2 is 1.81 bits per heavy atom. The van der Waals surface area contributed by atoms with E-state index in [9.17, 15) is 10.1 Å². The summed E-state index contributed by atoms with van der Waals surface area (Å²) in [5, 5.41) is 14.1. The van der Waals surface area contributed by atoms with Crippen molar-refractivity contribution in [3.05, 3.63) is 70.8 Å². The third-order valence-corrected chi connectivity index (χ3v) is 7.76. The van der Waals surface area contributed by atoms with E-state index in [1.807, 2.05) is 43.3 Å². The van der Waals surface area contributed by atoms with Crippen molar-refractivity contribution in [3.8, 4) is 17.2 Å². The Balaban J connectivity index is 1.72. The summed E-state index contributed by atoms with van der Waals surface area (Å²) in [6.45, 7) is 8.34. The van der Waals surface area contributed by atoms with Crippen LogP contribution < -0.4 is 11.1 Å². The van der Waals surface area contributed by atoms with E-state index in [-0.39, 0.29) is 11.7 Å². The van der Waals surface area contributed by atoms with Gasteiger partial charge in [-0.05, 0) is 36.1 Å². The number of aromatic nitrogens is 1. The minimum atomic E-state index is -0.123. The molecule has 188 valence electrons. The normalized spacial score (nSPS) is 13.6. The second kappa shape index (κ2) is 10.2. The summed E-state index contributed by atoms with van der Waals surface area (Å²) < 4.78 is 6.23. The number of carbonyl (C=O) groups is 1. The van der Waals surface area contributed by atoms with Crippen molar-refractivity contribution in [1.82, 2.24) is 9.88 Å². The molecule has 1 saturated heterocycles. The molecular weight excluding hydrogens is 482 g/mol. The van der Waals surface area contributed by atoms with Crippen molar-refractivity contribution < 1.29 is 9.53 Å². The van der Waals surface area contributed by atoms with Gasteiger partial charge in [0.2, 0.25) is 0 Å². The van der Waals surface area contributed by atoms with Gasteiger partial charge in [-0.2, -0.15) is 5.26 Å². The predicted molar refractivity (Wildman–Crippen MR) is 149 cm³/mol. The SMILES string of the molecule is Cc1ccc(-c2c(C#N)c(N)nc3c(C(=O)N4CCOCC4)c(Nc4ccc(C(C)C)cc4)sc23)cc1. The van der Waals surface area contributed by atoms with Gasteiger partial charge in [-0.1, -0.05) is 55.8 Å². The zero-order valence-electron chi connectivity index (χ0n) is 21.2. The third kappa shape index (κ3) is 4.76. The number of amides is 1. The van der Waals surface area contributed by atoms with Crippen LogP contribution in [0, 0.1) is 18.3 Å². The molecule has 3 heterocycles. The highest BCUT2D eigenvalue weighted by Gasteiger charge is 2.29. The van der Waals surface area contributed by atoms with Crippen LogP contribution in [0.4, 0.5) is 16.5 Å². The Bertz CT molecular complexity index is 1500. The molecule has 2 aromatic heterocycles. The van der Waals surface area contributed by atoms with Gasteiger partial charge in [-0.3, -0.25) is 4.79 Å². The molecule has 1 fully saturated rings. The van der Waals surface area contributed by atoms with Gasteiger partial charge in [-0.25, -0.2) is 4.98 Å². The quantitative estimate of drug-likeness (QED) is 0.337. The first kappa shape index (κ1) is 24.8. The number of aryl methyl sites for hydroxylation is 1. The molecule has 3 N–H and O–H groups in total. The molecule has 37 heavy (non-hydrogen) atoms. The highest BCUT2D eigenvalue weighted by atomic mass is 32.1. The molecule has 7 nitrogen and oxygen atoms in total. The summed E-state index contributed by atoms with van der Waals surface area (Å²) in [7, 11) is 0. The van der Waals surface area contributed by atoms with Gasteiger partial charge in [0.15, 0.2) is 0 Å². The Hall–Kier alpha value is -3.93. The first-order chi connectivity index (χ1) is 17.9. The third-order valence-electron chi connectivity index (χ3n) is 6.65. The highest BCUT2D eigenvalue weighted by Crippen LogP contribution is 2.45. The minimum Gasteiger partial charge on any atom is -0.383 e. The number of nitrogens with zero attached hydrogens (tertiary/aromatic N) is 3. The lowest BCUT2D eigenvalue weighted by Gasteiger charge is -2.27. The van der Waals surface area contributed by atoms with Crippen LogP contribution in [0.2, 0.25) is 0 Å². The van der Waals surface area contributed by atoms with E-state index in [2.05, 4.69) is 42.4 Å². The standard InChI is InChI=1S/C29H29N5O2S/c1-17(2)19-8-10-21(11-9-19)32-28-24(29(35)34-12-14-36-15-13-34)25-26(37-28)23(22(16-30)27(31)33-25)20-6-4-18(3)5-7-20/h4-11,17,32H,12-15H2,1-3H3,(H2,31,33). The molecule has 0 unspecified atom stereocenters. The average molecular weight is 512 g/mol. The number of ether oxygens (including phenoxy) is 1. The van der Waals surface area contributed by atoms with Gasteiger partial charge in [0.25, 0.3) is 5.91 Å². The number of nitrogens with two attached hydrogens (primary N) is 1. The molecule has 1 aliphatic heterocycles. The molecule has 1 amide bonds. The predicted octanol–water partition coefficient (Wildman–Crippen LogP) is 6.07. The summed E-state index contributed by atoms with van der Waals surface area (Å²) in [6.07, 6.45) is 0. The van der Waals surface area contributed by atoms with Crippen LogP contribution in [-0.2, 0) is 4.74 Å². The van der Waals surface area contributed by atoms with Gasteiger partial charge < -0.3 is 20.7 Å². The highest BCUT2D eigenvalue weighted by molar-refractivity contribution is 7.24. The lowest BCUT2D eigenvalue weighted by molar-refractivity contribution is 0.0305. The fraction of sp³-hybridized carbons (Fsp3) is 0.276. The second-order valence-electron chi connectivity index (χ2n) is 9.52. The van der Waals surface area contributed by atoms with Crippen molar-refractivity contribution in [2.24, 2.45) is 0 Å².